The number of hydrogen-bond donors (Lipinski definition) is 1. The minimum atomic E-state index is 0.495. The van der Waals surface area contributed by atoms with Gasteiger partial charge in [0.15, 0.2) is 0 Å². The average molecular weight is 242 g/mol. The highest BCUT2D eigenvalue weighted by Gasteiger charge is 2.24. The first kappa shape index (κ1) is 13.9. The molecular weight excluding hydrogens is 216 g/mol. The van der Waals surface area contributed by atoms with Crippen molar-refractivity contribution in [2.75, 3.05) is 13.1 Å². The zero-order chi connectivity index (χ0) is 12.0. The molecule has 0 bridgehead atoms. The second kappa shape index (κ2) is 7.23. The summed E-state index contributed by atoms with van der Waals surface area (Å²) in [5.74, 6) is 0.495. The van der Waals surface area contributed by atoms with E-state index >= 15 is 0 Å². The predicted molar refractivity (Wildman–Crippen MR) is 74.7 cm³/mol. The minimum Gasteiger partial charge on any atom is -0.393 e. The van der Waals surface area contributed by atoms with Crippen LogP contribution in [0, 0.1) is 5.92 Å². The zero-order valence-corrected chi connectivity index (χ0v) is 11.6. The highest BCUT2D eigenvalue weighted by molar-refractivity contribution is 7.80. The first-order valence-corrected chi connectivity index (χ1v) is 7.13. The van der Waals surface area contributed by atoms with Crippen LogP contribution in [0.1, 0.15) is 52.4 Å². The number of unbranched alkanes of at least 4 members (excludes halogenated alkanes) is 1. The second-order valence-electron chi connectivity index (χ2n) is 4.92. The molecule has 1 atom stereocenters. The molecule has 0 spiro atoms. The summed E-state index contributed by atoms with van der Waals surface area (Å²) in [7, 11) is 0. The van der Waals surface area contributed by atoms with E-state index in [0.717, 1.165) is 23.9 Å². The zero-order valence-electron chi connectivity index (χ0n) is 10.7. The first-order valence-electron chi connectivity index (χ1n) is 6.72. The minimum absolute atomic E-state index is 0.495. The van der Waals surface area contributed by atoms with Crippen LogP contribution in [0.25, 0.3) is 0 Å². The molecule has 1 heterocycles. The molecule has 3 heteroatoms. The highest BCUT2D eigenvalue weighted by atomic mass is 32.1. The molecule has 1 aliphatic rings. The molecule has 1 fully saturated rings. The summed E-state index contributed by atoms with van der Waals surface area (Å²) < 4.78 is 0. The maximum Gasteiger partial charge on any atom is 0.0759 e. The Morgan fingerprint density at radius 1 is 1.38 bits per heavy atom. The van der Waals surface area contributed by atoms with Gasteiger partial charge in [-0.2, -0.15) is 0 Å². The monoisotopic (exact) mass is 242 g/mol. The maximum absolute atomic E-state index is 5.71. The van der Waals surface area contributed by atoms with Gasteiger partial charge in [-0.1, -0.05) is 38.9 Å². The Morgan fingerprint density at radius 3 is 2.44 bits per heavy atom. The molecule has 94 valence electrons. The Balaban J connectivity index is 2.35. The van der Waals surface area contributed by atoms with Crippen LogP contribution in [-0.4, -0.2) is 29.0 Å². The highest BCUT2D eigenvalue weighted by Crippen LogP contribution is 2.22. The third kappa shape index (κ3) is 4.02. The summed E-state index contributed by atoms with van der Waals surface area (Å²) in [6.07, 6.45) is 7.62. The molecule has 0 aromatic heterocycles. The summed E-state index contributed by atoms with van der Waals surface area (Å²) in [6, 6.07) is 0.784. The molecular formula is C13H26N2S. The van der Waals surface area contributed by atoms with Gasteiger partial charge in [-0.05, 0) is 38.8 Å². The number of thiocarbonyl (C=S) groups is 1. The summed E-state index contributed by atoms with van der Waals surface area (Å²) >= 11 is 5.08. The Bertz CT molecular complexity index is 210. The lowest BCUT2D eigenvalue weighted by molar-refractivity contribution is 0.137. The van der Waals surface area contributed by atoms with E-state index in [2.05, 4.69) is 18.7 Å². The summed E-state index contributed by atoms with van der Waals surface area (Å²) in [6.45, 7) is 6.94. The van der Waals surface area contributed by atoms with Crippen molar-refractivity contribution in [3.05, 3.63) is 0 Å². The van der Waals surface area contributed by atoms with Gasteiger partial charge >= 0.3 is 0 Å². The van der Waals surface area contributed by atoms with E-state index in [1.54, 1.807) is 0 Å². The fraction of sp³-hybridized carbons (Fsp3) is 0.923. The largest absolute Gasteiger partial charge is 0.393 e. The smallest absolute Gasteiger partial charge is 0.0759 e. The second-order valence-corrected chi connectivity index (χ2v) is 5.39. The summed E-state index contributed by atoms with van der Waals surface area (Å²) in [5, 5.41) is 0. The molecule has 1 saturated heterocycles. The maximum atomic E-state index is 5.71. The number of hydrogen-bond acceptors (Lipinski definition) is 2. The molecule has 1 rings (SSSR count). The standard InChI is InChI=1S/C13H26N2S/c1-3-5-6-12(4-2)15-9-7-11(8-10-15)13(14)16/h11-12H,3-10H2,1-2H3,(H2,14,16). The lowest BCUT2D eigenvalue weighted by Gasteiger charge is -2.37. The van der Waals surface area contributed by atoms with Gasteiger partial charge in [-0.3, -0.25) is 0 Å². The van der Waals surface area contributed by atoms with Crippen LogP contribution in [0.15, 0.2) is 0 Å². The Labute approximate surface area is 106 Å². The van der Waals surface area contributed by atoms with Crippen molar-refractivity contribution in [1.29, 1.82) is 0 Å². The van der Waals surface area contributed by atoms with Crippen LogP contribution >= 0.6 is 12.2 Å². The van der Waals surface area contributed by atoms with Crippen molar-refractivity contribution >= 4 is 17.2 Å². The van der Waals surface area contributed by atoms with Gasteiger partial charge in [0.1, 0.15) is 0 Å². The van der Waals surface area contributed by atoms with Crippen LogP contribution in [0.3, 0.4) is 0 Å². The molecule has 2 N–H and O–H groups in total. The predicted octanol–water partition coefficient (Wildman–Crippen LogP) is 2.95. The van der Waals surface area contributed by atoms with Crippen LogP contribution in [0.4, 0.5) is 0 Å². The van der Waals surface area contributed by atoms with E-state index in [9.17, 15) is 0 Å². The molecule has 1 unspecified atom stereocenters. The van der Waals surface area contributed by atoms with E-state index in [-0.39, 0.29) is 0 Å². The van der Waals surface area contributed by atoms with Crippen molar-refractivity contribution in [2.45, 2.75) is 58.4 Å². The molecule has 0 radical (unpaired) electrons. The lowest BCUT2D eigenvalue weighted by Crippen LogP contribution is -2.43. The Kier molecular flexibility index (Phi) is 6.29. The first-order chi connectivity index (χ1) is 7.69. The SMILES string of the molecule is CCCCC(CC)N1CCC(C(N)=S)CC1. The summed E-state index contributed by atoms with van der Waals surface area (Å²) in [4.78, 5) is 3.37. The summed E-state index contributed by atoms with van der Waals surface area (Å²) in [5.41, 5.74) is 5.71. The average Bonchev–Trinajstić information content (AvgIpc) is 2.30. The molecule has 16 heavy (non-hydrogen) atoms. The van der Waals surface area contributed by atoms with Crippen LogP contribution in [0.2, 0.25) is 0 Å². The third-order valence-electron chi connectivity index (χ3n) is 3.81. The third-order valence-corrected chi connectivity index (χ3v) is 4.14. The Hall–Kier alpha value is -0.150. The van der Waals surface area contributed by atoms with Crippen LogP contribution in [-0.2, 0) is 0 Å². The van der Waals surface area contributed by atoms with Crippen LogP contribution in [0.5, 0.6) is 0 Å². The molecule has 0 amide bonds. The van der Waals surface area contributed by atoms with Gasteiger partial charge in [0.25, 0.3) is 0 Å². The fourth-order valence-electron chi connectivity index (χ4n) is 2.63. The molecule has 2 nitrogen and oxygen atoms in total. The molecule has 0 aromatic carbocycles. The number of nitrogens with zero attached hydrogens (tertiary/aromatic N) is 1. The lowest BCUT2D eigenvalue weighted by atomic mass is 9.94. The fourth-order valence-corrected chi connectivity index (χ4v) is 2.87. The van der Waals surface area contributed by atoms with Gasteiger partial charge in [0, 0.05) is 12.0 Å². The van der Waals surface area contributed by atoms with Crippen LogP contribution < -0.4 is 5.73 Å². The molecule has 0 saturated carbocycles. The molecule has 0 aliphatic carbocycles. The van der Waals surface area contributed by atoms with Crippen molar-refractivity contribution in [1.82, 2.24) is 4.90 Å². The number of rotatable bonds is 6. The van der Waals surface area contributed by atoms with E-state index in [1.165, 1.54) is 38.8 Å². The van der Waals surface area contributed by atoms with Gasteiger partial charge in [0.2, 0.25) is 0 Å². The van der Waals surface area contributed by atoms with E-state index < -0.39 is 0 Å². The van der Waals surface area contributed by atoms with Crippen molar-refractivity contribution in [3.63, 3.8) is 0 Å². The number of nitrogens with two attached hydrogens (primary N) is 1. The molecule has 0 aromatic rings. The molecule has 1 aliphatic heterocycles. The normalized spacial score (nSPS) is 20.9. The number of piperidine rings is 1. The Morgan fingerprint density at radius 2 is 2.00 bits per heavy atom. The van der Waals surface area contributed by atoms with Gasteiger partial charge < -0.3 is 10.6 Å². The van der Waals surface area contributed by atoms with Crippen molar-refractivity contribution < 1.29 is 0 Å². The van der Waals surface area contributed by atoms with Crippen molar-refractivity contribution in [3.8, 4) is 0 Å². The van der Waals surface area contributed by atoms with E-state index in [4.69, 9.17) is 18.0 Å². The van der Waals surface area contributed by atoms with E-state index in [1.807, 2.05) is 0 Å². The number of likely N-dealkylation sites (tertiary alicyclic amines) is 1. The quantitative estimate of drug-likeness (QED) is 0.726. The van der Waals surface area contributed by atoms with Gasteiger partial charge in [-0.15, -0.1) is 0 Å². The van der Waals surface area contributed by atoms with Gasteiger partial charge in [-0.25, -0.2) is 0 Å². The van der Waals surface area contributed by atoms with Gasteiger partial charge in [0.05, 0.1) is 4.99 Å². The van der Waals surface area contributed by atoms with E-state index in [0.29, 0.717) is 5.92 Å². The topological polar surface area (TPSA) is 29.3 Å². The van der Waals surface area contributed by atoms with Crippen molar-refractivity contribution in [2.24, 2.45) is 11.7 Å².